The first-order chi connectivity index (χ1) is 10.9. The lowest BCUT2D eigenvalue weighted by Gasteiger charge is -2.27. The quantitative estimate of drug-likeness (QED) is 0.715. The van der Waals surface area contributed by atoms with Crippen molar-refractivity contribution in [2.24, 2.45) is 0 Å². The number of rotatable bonds is 5. The smallest absolute Gasteiger partial charge is 0.407 e. The number of aliphatic hydroxyl groups is 1. The Morgan fingerprint density at radius 2 is 2.13 bits per heavy atom. The summed E-state index contributed by atoms with van der Waals surface area (Å²) in [6.45, 7) is 3.57. The molecule has 0 aliphatic carbocycles. The molecule has 0 aromatic heterocycles. The van der Waals surface area contributed by atoms with Crippen LogP contribution in [0.5, 0.6) is 0 Å². The standard InChI is InChI=1S/C16H20N2O5/c1-2-8-16(22)11-18(15(20)21)9-13(16)17-14(19)23-10-12-6-4-3-5-7-12/h2-7,13,22H,1,8-11H2,(H,17,19)(H,20,21)/t13-,16?/m0/s1. The molecule has 124 valence electrons. The zero-order valence-corrected chi connectivity index (χ0v) is 12.6. The highest BCUT2D eigenvalue weighted by molar-refractivity contribution is 5.69. The van der Waals surface area contributed by atoms with Crippen molar-refractivity contribution in [1.82, 2.24) is 10.2 Å². The highest BCUT2D eigenvalue weighted by Crippen LogP contribution is 2.26. The van der Waals surface area contributed by atoms with Crippen LogP contribution in [0.4, 0.5) is 9.59 Å². The highest BCUT2D eigenvalue weighted by atomic mass is 16.5. The van der Waals surface area contributed by atoms with E-state index >= 15 is 0 Å². The number of carbonyl (C=O) groups is 2. The Morgan fingerprint density at radius 1 is 1.43 bits per heavy atom. The SMILES string of the molecule is C=CCC1(O)CN(C(=O)O)C[C@@H]1NC(=O)OCc1ccccc1. The molecule has 1 unspecified atom stereocenters. The Balaban J connectivity index is 1.94. The summed E-state index contributed by atoms with van der Waals surface area (Å²) in [7, 11) is 0. The van der Waals surface area contributed by atoms with Gasteiger partial charge in [-0.1, -0.05) is 36.4 Å². The van der Waals surface area contributed by atoms with Crippen LogP contribution in [0.25, 0.3) is 0 Å². The summed E-state index contributed by atoms with van der Waals surface area (Å²) in [6.07, 6.45) is -0.182. The molecule has 1 aliphatic rings. The second-order valence-electron chi connectivity index (χ2n) is 5.52. The van der Waals surface area contributed by atoms with E-state index < -0.39 is 23.8 Å². The summed E-state index contributed by atoms with van der Waals surface area (Å²) in [6, 6.07) is 8.42. The molecule has 1 aromatic carbocycles. The molecule has 2 rings (SSSR count). The van der Waals surface area contributed by atoms with Crippen molar-refractivity contribution in [3.8, 4) is 0 Å². The number of β-amino-alcohol motifs (C(OH)–C–C–N with tert-alkyl or cyclic N) is 1. The second kappa shape index (κ2) is 7.15. The van der Waals surface area contributed by atoms with Crippen molar-refractivity contribution in [1.29, 1.82) is 0 Å². The van der Waals surface area contributed by atoms with Crippen LogP contribution in [0, 0.1) is 0 Å². The van der Waals surface area contributed by atoms with Crippen LogP contribution in [0.1, 0.15) is 12.0 Å². The van der Waals surface area contributed by atoms with E-state index in [1.807, 2.05) is 30.3 Å². The monoisotopic (exact) mass is 320 g/mol. The zero-order chi connectivity index (χ0) is 16.9. The van der Waals surface area contributed by atoms with Crippen molar-refractivity contribution in [3.05, 3.63) is 48.6 Å². The van der Waals surface area contributed by atoms with Crippen LogP contribution in [0.15, 0.2) is 43.0 Å². The van der Waals surface area contributed by atoms with E-state index in [2.05, 4.69) is 11.9 Å². The summed E-state index contributed by atoms with van der Waals surface area (Å²) in [5.74, 6) is 0. The van der Waals surface area contributed by atoms with Crippen molar-refractivity contribution in [3.63, 3.8) is 0 Å². The Bertz CT molecular complexity index is 577. The van der Waals surface area contributed by atoms with E-state index in [-0.39, 0.29) is 26.1 Å². The van der Waals surface area contributed by atoms with E-state index in [1.165, 1.54) is 6.08 Å². The Kier molecular flexibility index (Phi) is 5.23. The van der Waals surface area contributed by atoms with Crippen molar-refractivity contribution >= 4 is 12.2 Å². The maximum atomic E-state index is 11.9. The predicted octanol–water partition coefficient (Wildman–Crippen LogP) is 1.58. The van der Waals surface area contributed by atoms with Crippen molar-refractivity contribution in [2.75, 3.05) is 13.1 Å². The van der Waals surface area contributed by atoms with Gasteiger partial charge in [0.05, 0.1) is 12.6 Å². The molecule has 0 radical (unpaired) electrons. The van der Waals surface area contributed by atoms with E-state index in [0.29, 0.717) is 0 Å². The van der Waals surface area contributed by atoms with E-state index in [0.717, 1.165) is 10.5 Å². The van der Waals surface area contributed by atoms with Gasteiger partial charge in [0.15, 0.2) is 0 Å². The lowest BCUT2D eigenvalue weighted by atomic mass is 9.94. The van der Waals surface area contributed by atoms with Gasteiger partial charge < -0.3 is 25.2 Å². The second-order valence-corrected chi connectivity index (χ2v) is 5.52. The topological polar surface area (TPSA) is 99.1 Å². The third kappa shape index (κ3) is 4.23. The average molecular weight is 320 g/mol. The fourth-order valence-electron chi connectivity index (χ4n) is 2.59. The van der Waals surface area contributed by atoms with Gasteiger partial charge in [0.1, 0.15) is 12.2 Å². The molecule has 2 atom stereocenters. The van der Waals surface area contributed by atoms with Gasteiger partial charge >= 0.3 is 12.2 Å². The number of carbonyl (C=O) groups excluding carboxylic acids is 1. The minimum absolute atomic E-state index is 0.000109. The van der Waals surface area contributed by atoms with Gasteiger partial charge in [0, 0.05) is 6.54 Å². The molecule has 1 aliphatic heterocycles. The van der Waals surface area contributed by atoms with Gasteiger partial charge in [0.25, 0.3) is 0 Å². The third-order valence-electron chi connectivity index (χ3n) is 3.79. The van der Waals surface area contributed by atoms with Gasteiger partial charge in [0.2, 0.25) is 0 Å². The summed E-state index contributed by atoms with van der Waals surface area (Å²) in [5, 5.41) is 22.2. The third-order valence-corrected chi connectivity index (χ3v) is 3.79. The molecule has 1 aromatic rings. The maximum Gasteiger partial charge on any atom is 0.407 e. The molecule has 2 amide bonds. The Hall–Kier alpha value is -2.54. The number of alkyl carbamates (subject to hydrolysis) is 1. The van der Waals surface area contributed by atoms with Gasteiger partial charge in [-0.25, -0.2) is 9.59 Å². The molecule has 1 saturated heterocycles. The predicted molar refractivity (Wildman–Crippen MR) is 82.9 cm³/mol. The van der Waals surface area contributed by atoms with Crippen molar-refractivity contribution < 1.29 is 24.5 Å². The van der Waals surface area contributed by atoms with E-state index in [1.54, 1.807) is 0 Å². The van der Waals surface area contributed by atoms with Crippen LogP contribution < -0.4 is 5.32 Å². The molecule has 1 heterocycles. The largest absolute Gasteiger partial charge is 0.465 e. The maximum absolute atomic E-state index is 11.9. The average Bonchev–Trinajstić information content (AvgIpc) is 2.84. The number of hydrogen-bond acceptors (Lipinski definition) is 4. The van der Waals surface area contributed by atoms with Gasteiger partial charge in [-0.05, 0) is 12.0 Å². The summed E-state index contributed by atoms with van der Waals surface area (Å²) in [4.78, 5) is 24.0. The molecule has 23 heavy (non-hydrogen) atoms. The zero-order valence-electron chi connectivity index (χ0n) is 12.6. The minimum Gasteiger partial charge on any atom is -0.465 e. The molecule has 1 fully saturated rings. The molecular formula is C16H20N2O5. The van der Waals surface area contributed by atoms with E-state index in [9.17, 15) is 14.7 Å². The number of likely N-dealkylation sites (tertiary alicyclic amines) is 1. The number of amides is 2. The van der Waals surface area contributed by atoms with Crippen LogP contribution >= 0.6 is 0 Å². The molecule has 0 saturated carbocycles. The van der Waals surface area contributed by atoms with Crippen LogP contribution in [-0.4, -0.2) is 52.0 Å². The summed E-state index contributed by atoms with van der Waals surface area (Å²) >= 11 is 0. The first-order valence-electron chi connectivity index (χ1n) is 7.23. The lowest BCUT2D eigenvalue weighted by Crippen LogP contribution is -2.51. The van der Waals surface area contributed by atoms with Crippen LogP contribution in [-0.2, 0) is 11.3 Å². The molecule has 7 nitrogen and oxygen atoms in total. The molecule has 0 spiro atoms. The van der Waals surface area contributed by atoms with E-state index in [4.69, 9.17) is 9.84 Å². The van der Waals surface area contributed by atoms with Gasteiger partial charge in [-0.2, -0.15) is 0 Å². The number of benzene rings is 1. The first-order valence-corrected chi connectivity index (χ1v) is 7.23. The number of hydrogen-bond donors (Lipinski definition) is 3. The molecular weight excluding hydrogens is 300 g/mol. The number of nitrogens with zero attached hydrogens (tertiary/aromatic N) is 1. The van der Waals surface area contributed by atoms with Gasteiger partial charge in [-0.3, -0.25) is 0 Å². The fourth-order valence-corrected chi connectivity index (χ4v) is 2.59. The van der Waals surface area contributed by atoms with Crippen molar-refractivity contribution in [2.45, 2.75) is 24.7 Å². The number of nitrogens with one attached hydrogen (secondary N) is 1. The summed E-state index contributed by atoms with van der Waals surface area (Å²) < 4.78 is 5.10. The van der Waals surface area contributed by atoms with Crippen LogP contribution in [0.3, 0.4) is 0 Å². The van der Waals surface area contributed by atoms with Crippen LogP contribution in [0.2, 0.25) is 0 Å². The Morgan fingerprint density at radius 3 is 2.74 bits per heavy atom. The first kappa shape index (κ1) is 16.8. The lowest BCUT2D eigenvalue weighted by molar-refractivity contribution is 0.0279. The Labute approximate surface area is 134 Å². The molecule has 0 bridgehead atoms. The normalized spacial score (nSPS) is 23.3. The number of ether oxygens (including phenoxy) is 1. The van der Waals surface area contributed by atoms with Gasteiger partial charge in [-0.15, -0.1) is 6.58 Å². The fraction of sp³-hybridized carbons (Fsp3) is 0.375. The highest BCUT2D eigenvalue weighted by Gasteiger charge is 2.47. The molecule has 7 heteroatoms. The number of carboxylic acid groups (broad SMARTS) is 1. The molecule has 3 N–H and O–H groups in total. The minimum atomic E-state index is -1.38. The summed E-state index contributed by atoms with van der Waals surface area (Å²) in [5.41, 5.74) is -0.547.